The van der Waals surface area contributed by atoms with Gasteiger partial charge in [-0.15, -0.1) is 5.56 Å². The van der Waals surface area contributed by atoms with Crippen LogP contribution in [-0.2, 0) is 28.4 Å². The molecule has 0 unspecified atom stereocenters. The van der Waals surface area contributed by atoms with Crippen LogP contribution in [0, 0.1) is 6.07 Å². The number of hydrogen-bond acceptors (Lipinski definition) is 1. The Morgan fingerprint density at radius 2 is 1.75 bits per heavy atom. The van der Waals surface area contributed by atoms with Crippen molar-refractivity contribution in [2.75, 3.05) is 0 Å². The molecule has 0 N–H and O–H groups in total. The Kier molecular flexibility index (Phi) is 7.47. The topological polar surface area (TPSA) is 9.23 Å². The molecule has 0 aliphatic rings. The van der Waals surface area contributed by atoms with E-state index in [1.165, 1.54) is 21.9 Å². The summed E-state index contributed by atoms with van der Waals surface area (Å²) in [6.07, 6.45) is 0. The first-order chi connectivity index (χ1) is 9.55. The van der Waals surface area contributed by atoms with Crippen LogP contribution in [0.3, 0.4) is 0 Å². The van der Waals surface area contributed by atoms with Gasteiger partial charge >= 0.3 is 30.0 Å². The standard InChI is InChI=1S/C17H19O.BrH.Zn/c1-17(2,3)15-9-11-16(12-10-15)18-13-14-7-5-4-6-8-14;;/h4-5,7-12H,13H2,1-3H3;1H;/q-1;;+2/p-1. The fourth-order valence-electron chi connectivity index (χ4n) is 1.74. The first kappa shape index (κ1) is 17.4. The van der Waals surface area contributed by atoms with Gasteiger partial charge in [-0.25, -0.2) is 0 Å². The average Bonchev–Trinajstić information content (AvgIpc) is 2.48. The normalized spacial score (nSPS) is 10.5. The molecule has 2 aromatic carbocycles. The van der Waals surface area contributed by atoms with Crippen molar-refractivity contribution in [2.24, 2.45) is 0 Å². The Balaban J connectivity index is 0.000000956. The second-order valence-corrected chi connectivity index (χ2v) is 5.47. The third kappa shape index (κ3) is 5.77. The summed E-state index contributed by atoms with van der Waals surface area (Å²) in [6.45, 7) is 7.22. The van der Waals surface area contributed by atoms with Crippen LogP contribution in [-0.4, -0.2) is 0 Å². The van der Waals surface area contributed by atoms with E-state index in [1.54, 1.807) is 0 Å². The van der Waals surface area contributed by atoms with Crippen molar-refractivity contribution in [3.8, 4) is 5.75 Å². The molecule has 0 heterocycles. The van der Waals surface area contributed by atoms with Crippen LogP contribution in [0.15, 0.2) is 48.5 Å². The summed E-state index contributed by atoms with van der Waals surface area (Å²) >= 11 is 4.25. The Morgan fingerprint density at radius 3 is 2.25 bits per heavy atom. The SMILES string of the molecule is CC(C)(C)c1ccc(OCc2c[c-]ccc2)cc1.[Zn+][Br]. The molecule has 2 aromatic rings. The molecule has 102 valence electrons. The first-order valence-corrected chi connectivity index (χ1v) is 13.5. The number of benzene rings is 2. The summed E-state index contributed by atoms with van der Waals surface area (Å²) in [5.41, 5.74) is 2.65. The summed E-state index contributed by atoms with van der Waals surface area (Å²) in [7, 11) is 0. The zero-order chi connectivity index (χ0) is 15.0. The van der Waals surface area contributed by atoms with Gasteiger partial charge in [0.1, 0.15) is 5.75 Å². The Labute approximate surface area is 138 Å². The molecule has 0 amide bonds. The molecule has 0 aliphatic carbocycles. The minimum atomic E-state index is 0.187. The summed E-state index contributed by atoms with van der Waals surface area (Å²) in [5, 5.41) is 0. The maximum atomic E-state index is 5.74. The predicted molar refractivity (Wildman–Crippen MR) is 83.7 cm³/mol. The van der Waals surface area contributed by atoms with Crippen LogP contribution in [0.4, 0.5) is 0 Å². The van der Waals surface area contributed by atoms with Gasteiger partial charge in [-0.3, -0.25) is 0 Å². The van der Waals surface area contributed by atoms with E-state index < -0.39 is 0 Å². The maximum absolute atomic E-state index is 5.74. The summed E-state index contributed by atoms with van der Waals surface area (Å²) in [5.74, 6) is 0.909. The van der Waals surface area contributed by atoms with E-state index in [-0.39, 0.29) is 5.41 Å². The molecule has 0 fully saturated rings. The minimum absolute atomic E-state index is 0.187. The van der Waals surface area contributed by atoms with Crippen LogP contribution in [0.25, 0.3) is 0 Å². The van der Waals surface area contributed by atoms with Crippen LogP contribution in [0.5, 0.6) is 5.75 Å². The van der Waals surface area contributed by atoms with E-state index in [1.807, 2.05) is 36.4 Å². The van der Waals surface area contributed by atoms with Gasteiger partial charge in [0.2, 0.25) is 0 Å². The van der Waals surface area contributed by atoms with Crippen LogP contribution >= 0.6 is 13.6 Å². The quantitative estimate of drug-likeness (QED) is 0.522. The van der Waals surface area contributed by atoms with Gasteiger partial charge in [0.05, 0.1) is 6.61 Å². The van der Waals surface area contributed by atoms with Gasteiger partial charge in [-0.05, 0) is 23.1 Å². The van der Waals surface area contributed by atoms with Crippen LogP contribution in [0.1, 0.15) is 31.9 Å². The number of hydrogen-bond donors (Lipinski definition) is 0. The molecule has 2 rings (SSSR count). The zero-order valence-electron chi connectivity index (χ0n) is 12.3. The zero-order valence-corrected chi connectivity index (χ0v) is 16.9. The van der Waals surface area contributed by atoms with Crippen molar-refractivity contribution in [1.29, 1.82) is 0 Å². The summed E-state index contributed by atoms with van der Waals surface area (Å²) in [6, 6.07) is 19.2. The molecule has 0 aromatic heterocycles. The van der Waals surface area contributed by atoms with Gasteiger partial charge in [0.25, 0.3) is 0 Å². The molecule has 3 heteroatoms. The van der Waals surface area contributed by atoms with E-state index >= 15 is 0 Å². The second-order valence-electron chi connectivity index (χ2n) is 5.47. The second kappa shape index (κ2) is 8.59. The summed E-state index contributed by atoms with van der Waals surface area (Å²) < 4.78 is 5.74. The first-order valence-electron chi connectivity index (χ1n) is 6.51. The van der Waals surface area contributed by atoms with Crippen LogP contribution < -0.4 is 4.74 Å². The van der Waals surface area contributed by atoms with E-state index in [4.69, 9.17) is 4.74 Å². The predicted octanol–water partition coefficient (Wildman–Crippen LogP) is 5.21. The van der Waals surface area contributed by atoms with Gasteiger partial charge in [-0.2, -0.15) is 30.3 Å². The molecule has 0 saturated carbocycles. The van der Waals surface area contributed by atoms with Crippen LogP contribution in [0.2, 0.25) is 0 Å². The van der Waals surface area contributed by atoms with Gasteiger partial charge in [-0.1, -0.05) is 32.9 Å². The average molecular weight is 385 g/mol. The monoisotopic (exact) mass is 382 g/mol. The van der Waals surface area contributed by atoms with Crippen molar-refractivity contribution in [3.63, 3.8) is 0 Å². The molecular weight excluding hydrogens is 365 g/mol. The molecule has 0 spiro atoms. The van der Waals surface area contributed by atoms with Gasteiger partial charge < -0.3 is 4.74 Å². The van der Waals surface area contributed by atoms with Gasteiger partial charge in [0, 0.05) is 0 Å². The van der Waals surface area contributed by atoms with Crippen molar-refractivity contribution < 1.29 is 21.1 Å². The third-order valence-electron chi connectivity index (χ3n) is 2.90. The Hall–Kier alpha value is -0.657. The van der Waals surface area contributed by atoms with E-state index in [0.717, 1.165) is 11.3 Å². The molecule has 20 heavy (non-hydrogen) atoms. The van der Waals surface area contributed by atoms with E-state index in [9.17, 15) is 0 Å². The molecule has 1 nitrogen and oxygen atoms in total. The van der Waals surface area contributed by atoms with Crippen molar-refractivity contribution in [1.82, 2.24) is 0 Å². The fourth-order valence-corrected chi connectivity index (χ4v) is 1.74. The number of ether oxygens (including phenoxy) is 1. The van der Waals surface area contributed by atoms with Crippen molar-refractivity contribution in [3.05, 3.63) is 65.7 Å². The van der Waals surface area contributed by atoms with Crippen molar-refractivity contribution >= 4 is 13.6 Å². The number of rotatable bonds is 3. The van der Waals surface area contributed by atoms with Crippen molar-refractivity contribution in [2.45, 2.75) is 32.8 Å². The third-order valence-corrected chi connectivity index (χ3v) is 2.90. The molecular formula is C17H19BrOZn. The Bertz CT molecular complexity index is 489. The molecule has 0 saturated heterocycles. The molecule has 0 radical (unpaired) electrons. The Morgan fingerprint density at radius 1 is 1.10 bits per heavy atom. The summed E-state index contributed by atoms with van der Waals surface area (Å²) in [4.78, 5) is 0. The van der Waals surface area contributed by atoms with E-state index in [2.05, 4.69) is 52.6 Å². The number of halogens is 1. The molecule has 0 atom stereocenters. The molecule has 0 aliphatic heterocycles. The van der Waals surface area contributed by atoms with E-state index in [0.29, 0.717) is 6.61 Å². The van der Waals surface area contributed by atoms with Gasteiger partial charge in [0.15, 0.2) is 0 Å². The fraction of sp³-hybridized carbons (Fsp3) is 0.294. The molecule has 0 bridgehead atoms.